The predicted molar refractivity (Wildman–Crippen MR) is 102 cm³/mol. The number of thiocarbonyl (C=S) groups is 1. The molecule has 24 heavy (non-hydrogen) atoms. The van der Waals surface area contributed by atoms with E-state index in [0.29, 0.717) is 16.7 Å². The fraction of sp³-hybridized carbons (Fsp3) is 0.438. The molecule has 8 heteroatoms. The molecule has 0 saturated carbocycles. The van der Waals surface area contributed by atoms with Gasteiger partial charge in [0.05, 0.1) is 11.6 Å². The summed E-state index contributed by atoms with van der Waals surface area (Å²) >= 11 is 6.64. The van der Waals surface area contributed by atoms with E-state index in [2.05, 4.69) is 35.2 Å². The number of carbonyl (C=O) groups is 2. The number of aryl methyl sites for hydroxylation is 1. The van der Waals surface area contributed by atoms with Crippen molar-refractivity contribution >= 4 is 46.6 Å². The first-order valence-electron chi connectivity index (χ1n) is 7.88. The van der Waals surface area contributed by atoms with Crippen LogP contribution in [-0.2, 0) is 16.0 Å². The number of unbranched alkanes of at least 4 members (excludes halogenated alkanes) is 1. The Labute approximate surface area is 151 Å². The number of hydrogen-bond acceptors (Lipinski definition) is 4. The molecule has 1 fully saturated rings. The van der Waals surface area contributed by atoms with Crippen molar-refractivity contribution in [2.75, 3.05) is 23.5 Å². The summed E-state index contributed by atoms with van der Waals surface area (Å²) < 4.78 is 0. The molecule has 0 unspecified atom stereocenters. The van der Waals surface area contributed by atoms with Crippen molar-refractivity contribution in [3.8, 4) is 0 Å². The molecule has 0 aliphatic carbocycles. The van der Waals surface area contributed by atoms with Gasteiger partial charge in [0.1, 0.15) is 6.54 Å². The third-order valence-corrected chi connectivity index (χ3v) is 4.66. The summed E-state index contributed by atoms with van der Waals surface area (Å²) in [5.41, 5.74) is 7.29. The third kappa shape index (κ3) is 6.01. The topological polar surface area (TPSA) is 73.5 Å². The van der Waals surface area contributed by atoms with Gasteiger partial charge in [-0.2, -0.15) is 0 Å². The minimum Gasteiger partial charge on any atom is -0.331 e. The number of hydrogen-bond donors (Lipinski definition) is 3. The molecule has 1 aromatic rings. The van der Waals surface area contributed by atoms with Gasteiger partial charge in [0.25, 0.3) is 5.91 Å². The highest BCUT2D eigenvalue weighted by atomic mass is 32.2. The number of nitrogens with zero attached hydrogens (tertiary/aromatic N) is 1. The second-order valence-corrected chi connectivity index (χ2v) is 6.86. The van der Waals surface area contributed by atoms with E-state index >= 15 is 0 Å². The summed E-state index contributed by atoms with van der Waals surface area (Å²) in [6.45, 7) is 2.21. The van der Waals surface area contributed by atoms with Gasteiger partial charge in [-0.05, 0) is 42.8 Å². The summed E-state index contributed by atoms with van der Waals surface area (Å²) in [5.74, 6) is 0.678. The van der Waals surface area contributed by atoms with E-state index in [4.69, 9.17) is 12.2 Å². The largest absolute Gasteiger partial charge is 0.331 e. The SMILES string of the molecule is CCCCc1ccc(NC(=S)NNC(=O)CN2CSCC2=O)cc1. The monoisotopic (exact) mass is 366 g/mol. The Morgan fingerprint density at radius 1 is 1.29 bits per heavy atom. The average molecular weight is 367 g/mol. The number of hydrazine groups is 1. The van der Waals surface area contributed by atoms with E-state index in [9.17, 15) is 9.59 Å². The van der Waals surface area contributed by atoms with Gasteiger partial charge in [-0.25, -0.2) is 0 Å². The van der Waals surface area contributed by atoms with E-state index in [-0.39, 0.29) is 18.4 Å². The van der Waals surface area contributed by atoms with Crippen LogP contribution < -0.4 is 16.2 Å². The van der Waals surface area contributed by atoms with Crippen LogP contribution >= 0.6 is 24.0 Å². The van der Waals surface area contributed by atoms with Gasteiger partial charge in [-0.1, -0.05) is 25.5 Å². The first-order chi connectivity index (χ1) is 11.6. The molecule has 1 aromatic carbocycles. The van der Waals surface area contributed by atoms with E-state index < -0.39 is 0 Å². The van der Waals surface area contributed by atoms with Crippen molar-refractivity contribution in [3.63, 3.8) is 0 Å². The molecule has 1 heterocycles. The summed E-state index contributed by atoms with van der Waals surface area (Å²) in [7, 11) is 0. The molecule has 2 amide bonds. The van der Waals surface area contributed by atoms with Crippen molar-refractivity contribution in [1.29, 1.82) is 0 Å². The maximum atomic E-state index is 11.8. The van der Waals surface area contributed by atoms with Gasteiger partial charge in [-0.3, -0.25) is 20.4 Å². The number of rotatable bonds is 6. The molecule has 0 bridgehead atoms. The molecule has 0 aromatic heterocycles. The molecule has 6 nitrogen and oxygen atoms in total. The summed E-state index contributed by atoms with van der Waals surface area (Å²) in [6, 6.07) is 8.05. The molecule has 0 spiro atoms. The van der Waals surface area contributed by atoms with E-state index in [1.165, 1.54) is 35.1 Å². The second kappa shape index (κ2) is 9.48. The smallest absolute Gasteiger partial charge is 0.258 e. The maximum Gasteiger partial charge on any atom is 0.258 e. The zero-order valence-electron chi connectivity index (χ0n) is 13.6. The Morgan fingerprint density at radius 3 is 2.67 bits per heavy atom. The summed E-state index contributed by atoms with van der Waals surface area (Å²) in [5, 5.41) is 3.30. The summed E-state index contributed by atoms with van der Waals surface area (Å²) in [6.07, 6.45) is 3.43. The van der Waals surface area contributed by atoms with Crippen LogP contribution in [0.25, 0.3) is 0 Å². The first-order valence-corrected chi connectivity index (χ1v) is 9.45. The van der Waals surface area contributed by atoms with Crippen LogP contribution in [0.5, 0.6) is 0 Å². The highest BCUT2D eigenvalue weighted by Crippen LogP contribution is 2.14. The molecule has 0 radical (unpaired) electrons. The fourth-order valence-electron chi connectivity index (χ4n) is 2.18. The molecule has 3 N–H and O–H groups in total. The highest BCUT2D eigenvalue weighted by molar-refractivity contribution is 8.00. The maximum absolute atomic E-state index is 11.8. The standard InChI is InChI=1S/C16H22N4O2S2/c1-2-3-4-12-5-7-13(8-6-12)17-16(23)19-18-14(21)9-20-11-24-10-15(20)22/h5-8H,2-4,9-11H2,1H3,(H,18,21)(H2,17,19,23). The number of carbonyl (C=O) groups excluding carboxylic acids is 2. The minimum atomic E-state index is -0.301. The Hall–Kier alpha value is -1.80. The minimum absolute atomic E-state index is 0.0148. The van der Waals surface area contributed by atoms with E-state index in [1.54, 1.807) is 0 Å². The molecule has 1 saturated heterocycles. The third-order valence-electron chi connectivity index (χ3n) is 3.51. The van der Waals surface area contributed by atoms with E-state index in [0.717, 1.165) is 12.1 Å². The van der Waals surface area contributed by atoms with Crippen molar-refractivity contribution in [2.45, 2.75) is 26.2 Å². The van der Waals surface area contributed by atoms with Crippen LogP contribution in [0.3, 0.4) is 0 Å². The number of benzene rings is 1. The quantitative estimate of drug-likeness (QED) is 0.527. The first kappa shape index (κ1) is 18.5. The number of amides is 2. The van der Waals surface area contributed by atoms with Crippen molar-refractivity contribution < 1.29 is 9.59 Å². The van der Waals surface area contributed by atoms with E-state index in [1.807, 2.05) is 12.1 Å². The molecule has 1 aliphatic rings. The van der Waals surface area contributed by atoms with Crippen molar-refractivity contribution in [3.05, 3.63) is 29.8 Å². The van der Waals surface area contributed by atoms with Gasteiger partial charge >= 0.3 is 0 Å². The fourth-order valence-corrected chi connectivity index (χ4v) is 3.25. The lowest BCUT2D eigenvalue weighted by Gasteiger charge is -2.16. The molecule has 2 rings (SSSR count). The number of nitrogens with one attached hydrogen (secondary N) is 3. The Kier molecular flexibility index (Phi) is 7.33. The van der Waals surface area contributed by atoms with Crippen LogP contribution in [0, 0.1) is 0 Å². The average Bonchev–Trinajstić information content (AvgIpc) is 2.97. The lowest BCUT2D eigenvalue weighted by Crippen LogP contribution is -2.48. The van der Waals surface area contributed by atoms with Gasteiger partial charge < -0.3 is 10.2 Å². The van der Waals surface area contributed by atoms with Gasteiger partial charge in [-0.15, -0.1) is 11.8 Å². The van der Waals surface area contributed by atoms with Crippen LogP contribution in [-0.4, -0.2) is 40.0 Å². The predicted octanol–water partition coefficient (Wildman–Crippen LogP) is 1.88. The summed E-state index contributed by atoms with van der Waals surface area (Å²) in [4.78, 5) is 24.7. The lowest BCUT2D eigenvalue weighted by molar-refractivity contribution is -0.132. The van der Waals surface area contributed by atoms with Crippen LogP contribution in [0.4, 0.5) is 5.69 Å². The zero-order valence-corrected chi connectivity index (χ0v) is 15.3. The van der Waals surface area contributed by atoms with Crippen molar-refractivity contribution in [2.24, 2.45) is 0 Å². The lowest BCUT2D eigenvalue weighted by atomic mass is 10.1. The Bertz CT molecular complexity index is 592. The molecular formula is C16H22N4O2S2. The Morgan fingerprint density at radius 2 is 2.04 bits per heavy atom. The molecular weight excluding hydrogens is 344 g/mol. The van der Waals surface area contributed by atoms with Gasteiger partial charge in [0.15, 0.2) is 5.11 Å². The molecule has 0 atom stereocenters. The zero-order chi connectivity index (χ0) is 17.4. The normalized spacial score (nSPS) is 13.7. The van der Waals surface area contributed by atoms with Gasteiger partial charge in [0, 0.05) is 5.69 Å². The molecule has 1 aliphatic heterocycles. The molecule has 130 valence electrons. The second-order valence-electron chi connectivity index (χ2n) is 5.50. The van der Waals surface area contributed by atoms with Gasteiger partial charge in [0.2, 0.25) is 5.91 Å². The Balaban J connectivity index is 1.70. The highest BCUT2D eigenvalue weighted by Gasteiger charge is 2.22. The number of anilines is 1. The van der Waals surface area contributed by atoms with Crippen LogP contribution in [0.15, 0.2) is 24.3 Å². The van der Waals surface area contributed by atoms with Crippen LogP contribution in [0.2, 0.25) is 0 Å². The van der Waals surface area contributed by atoms with Crippen molar-refractivity contribution in [1.82, 2.24) is 15.8 Å². The number of thioether (sulfide) groups is 1. The van der Waals surface area contributed by atoms with Crippen LogP contribution in [0.1, 0.15) is 25.3 Å².